The highest BCUT2D eigenvalue weighted by Crippen LogP contribution is 2.28. The Morgan fingerprint density at radius 2 is 1.72 bits per heavy atom. The van der Waals surface area contributed by atoms with Crippen molar-refractivity contribution in [2.75, 3.05) is 11.9 Å². The molecular weight excluding hydrogens is 422 g/mol. The SMILES string of the molecule is O=C(CN(C1CCCCC1)S(=O)(=O)c1ccc(F)cc1)Nc1ccc(F)c(Cl)c1. The molecule has 156 valence electrons. The van der Waals surface area contributed by atoms with Gasteiger partial charge in [-0.05, 0) is 55.3 Å². The Balaban J connectivity index is 1.84. The smallest absolute Gasteiger partial charge is 0.243 e. The summed E-state index contributed by atoms with van der Waals surface area (Å²) in [4.78, 5) is 12.5. The first kappa shape index (κ1) is 21.7. The monoisotopic (exact) mass is 442 g/mol. The molecule has 9 heteroatoms. The fourth-order valence-corrected chi connectivity index (χ4v) is 5.26. The lowest BCUT2D eigenvalue weighted by Crippen LogP contribution is -2.45. The van der Waals surface area contributed by atoms with E-state index in [0.29, 0.717) is 12.8 Å². The summed E-state index contributed by atoms with van der Waals surface area (Å²) in [7, 11) is -4.00. The molecule has 29 heavy (non-hydrogen) atoms. The third-order valence-electron chi connectivity index (χ3n) is 4.90. The normalized spacial score (nSPS) is 15.4. The van der Waals surface area contributed by atoms with Crippen LogP contribution in [0.3, 0.4) is 0 Å². The molecular formula is C20H21ClF2N2O3S. The molecule has 0 bridgehead atoms. The summed E-state index contributed by atoms with van der Waals surface area (Å²) in [6.07, 6.45) is 4.05. The molecule has 0 unspecified atom stereocenters. The number of nitrogens with zero attached hydrogens (tertiary/aromatic N) is 1. The molecule has 0 spiro atoms. The zero-order valence-electron chi connectivity index (χ0n) is 15.6. The van der Waals surface area contributed by atoms with Crippen LogP contribution in [-0.2, 0) is 14.8 Å². The summed E-state index contributed by atoms with van der Waals surface area (Å²) in [6, 6.07) is 7.94. The number of hydrogen-bond acceptors (Lipinski definition) is 3. The number of hydrogen-bond donors (Lipinski definition) is 1. The molecule has 1 saturated carbocycles. The quantitative estimate of drug-likeness (QED) is 0.712. The number of anilines is 1. The van der Waals surface area contributed by atoms with Crippen LogP contribution < -0.4 is 5.32 Å². The highest BCUT2D eigenvalue weighted by molar-refractivity contribution is 7.89. The number of amides is 1. The second-order valence-corrected chi connectivity index (χ2v) is 9.27. The third kappa shape index (κ3) is 5.32. The van der Waals surface area contributed by atoms with E-state index in [1.807, 2.05) is 0 Å². The average Bonchev–Trinajstić information content (AvgIpc) is 2.70. The molecule has 1 amide bonds. The summed E-state index contributed by atoms with van der Waals surface area (Å²) in [6.45, 7) is -0.403. The summed E-state index contributed by atoms with van der Waals surface area (Å²) < 4.78 is 54.1. The van der Waals surface area contributed by atoms with Crippen LogP contribution in [-0.4, -0.2) is 31.2 Å². The van der Waals surface area contributed by atoms with Crippen molar-refractivity contribution in [3.63, 3.8) is 0 Å². The number of carbonyl (C=O) groups is 1. The lowest BCUT2D eigenvalue weighted by molar-refractivity contribution is -0.116. The predicted molar refractivity (Wildman–Crippen MR) is 107 cm³/mol. The largest absolute Gasteiger partial charge is 0.325 e. The van der Waals surface area contributed by atoms with Crippen LogP contribution in [0, 0.1) is 11.6 Å². The number of nitrogens with one attached hydrogen (secondary N) is 1. The summed E-state index contributed by atoms with van der Waals surface area (Å²) in [5, 5.41) is 2.41. The third-order valence-corrected chi connectivity index (χ3v) is 7.11. The second-order valence-electron chi connectivity index (χ2n) is 6.97. The lowest BCUT2D eigenvalue weighted by atomic mass is 9.95. The van der Waals surface area contributed by atoms with E-state index < -0.39 is 34.1 Å². The van der Waals surface area contributed by atoms with Gasteiger partial charge in [-0.1, -0.05) is 30.9 Å². The molecule has 1 N–H and O–H groups in total. The maximum absolute atomic E-state index is 13.3. The van der Waals surface area contributed by atoms with Gasteiger partial charge in [0.2, 0.25) is 15.9 Å². The van der Waals surface area contributed by atoms with Crippen molar-refractivity contribution in [3.05, 3.63) is 59.1 Å². The van der Waals surface area contributed by atoms with E-state index in [-0.39, 0.29) is 21.6 Å². The van der Waals surface area contributed by atoms with E-state index >= 15 is 0 Å². The zero-order chi connectivity index (χ0) is 21.0. The fraction of sp³-hybridized carbons (Fsp3) is 0.350. The summed E-state index contributed by atoms with van der Waals surface area (Å²) in [5.41, 5.74) is 0.268. The molecule has 1 aliphatic carbocycles. The maximum Gasteiger partial charge on any atom is 0.243 e. The molecule has 0 radical (unpaired) electrons. The van der Waals surface area contributed by atoms with Gasteiger partial charge in [-0.25, -0.2) is 17.2 Å². The van der Waals surface area contributed by atoms with Crippen LogP contribution in [0.15, 0.2) is 47.4 Å². The zero-order valence-corrected chi connectivity index (χ0v) is 17.1. The van der Waals surface area contributed by atoms with Crippen molar-refractivity contribution in [2.45, 2.75) is 43.0 Å². The van der Waals surface area contributed by atoms with Gasteiger partial charge in [-0.15, -0.1) is 0 Å². The highest BCUT2D eigenvalue weighted by atomic mass is 35.5. The van der Waals surface area contributed by atoms with Crippen LogP contribution in [0.1, 0.15) is 32.1 Å². The molecule has 2 aromatic rings. The van der Waals surface area contributed by atoms with Gasteiger partial charge < -0.3 is 5.32 Å². The molecule has 0 saturated heterocycles. The fourth-order valence-electron chi connectivity index (χ4n) is 3.44. The Morgan fingerprint density at radius 1 is 1.07 bits per heavy atom. The van der Waals surface area contributed by atoms with Crippen LogP contribution in [0.2, 0.25) is 5.02 Å². The van der Waals surface area contributed by atoms with Gasteiger partial charge in [-0.3, -0.25) is 4.79 Å². The summed E-state index contributed by atoms with van der Waals surface area (Å²) in [5.74, 6) is -1.73. The van der Waals surface area contributed by atoms with E-state index in [4.69, 9.17) is 11.6 Å². The predicted octanol–water partition coefficient (Wildman–Crippen LogP) is 4.58. The minimum Gasteiger partial charge on any atom is -0.325 e. The lowest BCUT2D eigenvalue weighted by Gasteiger charge is -2.33. The molecule has 1 aliphatic rings. The van der Waals surface area contributed by atoms with E-state index in [9.17, 15) is 22.0 Å². The Hall–Kier alpha value is -2.03. The first-order valence-corrected chi connectivity index (χ1v) is 11.1. The van der Waals surface area contributed by atoms with Crippen molar-refractivity contribution < 1.29 is 22.0 Å². The van der Waals surface area contributed by atoms with Crippen LogP contribution >= 0.6 is 11.6 Å². The van der Waals surface area contributed by atoms with Crippen molar-refractivity contribution in [1.29, 1.82) is 0 Å². The van der Waals surface area contributed by atoms with Crippen molar-refractivity contribution in [1.82, 2.24) is 4.31 Å². The van der Waals surface area contributed by atoms with Crippen LogP contribution in [0.4, 0.5) is 14.5 Å². The first-order valence-electron chi connectivity index (χ1n) is 9.29. The number of carbonyl (C=O) groups excluding carboxylic acids is 1. The Kier molecular flexibility index (Phi) is 6.87. The number of benzene rings is 2. The molecule has 0 atom stereocenters. The van der Waals surface area contributed by atoms with Crippen molar-refractivity contribution >= 4 is 33.2 Å². The molecule has 5 nitrogen and oxygen atoms in total. The van der Waals surface area contributed by atoms with Gasteiger partial charge in [0.25, 0.3) is 0 Å². The molecule has 2 aromatic carbocycles. The Morgan fingerprint density at radius 3 is 2.34 bits per heavy atom. The Labute approximate surface area is 173 Å². The minimum absolute atomic E-state index is 0.0675. The van der Waals surface area contributed by atoms with Gasteiger partial charge in [-0.2, -0.15) is 4.31 Å². The second kappa shape index (κ2) is 9.19. The van der Waals surface area contributed by atoms with Crippen molar-refractivity contribution in [3.8, 4) is 0 Å². The van der Waals surface area contributed by atoms with Crippen LogP contribution in [0.25, 0.3) is 0 Å². The van der Waals surface area contributed by atoms with Gasteiger partial charge in [0.05, 0.1) is 16.5 Å². The van der Waals surface area contributed by atoms with Crippen molar-refractivity contribution in [2.24, 2.45) is 0 Å². The Bertz CT molecular complexity index is 978. The van der Waals surface area contributed by atoms with E-state index in [0.717, 1.165) is 37.5 Å². The average molecular weight is 443 g/mol. The standard InChI is InChI=1S/C20H21ClF2N2O3S/c21-18-12-15(8-11-19(18)23)24-20(26)13-25(16-4-2-1-3-5-16)29(27,28)17-9-6-14(22)7-10-17/h6-12,16H,1-5,13H2,(H,24,26). The number of rotatable bonds is 6. The molecule has 3 rings (SSSR count). The van der Waals surface area contributed by atoms with Gasteiger partial charge in [0, 0.05) is 11.7 Å². The first-order chi connectivity index (χ1) is 13.8. The molecule has 0 heterocycles. The maximum atomic E-state index is 13.3. The highest BCUT2D eigenvalue weighted by Gasteiger charge is 2.34. The van der Waals surface area contributed by atoms with E-state index in [2.05, 4.69) is 5.32 Å². The number of sulfonamides is 1. The van der Waals surface area contributed by atoms with Gasteiger partial charge in [0.1, 0.15) is 11.6 Å². The number of halogens is 3. The molecule has 0 aliphatic heterocycles. The topological polar surface area (TPSA) is 66.5 Å². The van der Waals surface area contributed by atoms with E-state index in [1.54, 1.807) is 0 Å². The molecule has 0 aromatic heterocycles. The van der Waals surface area contributed by atoms with E-state index in [1.165, 1.54) is 28.6 Å². The van der Waals surface area contributed by atoms with Gasteiger partial charge in [0.15, 0.2) is 0 Å². The van der Waals surface area contributed by atoms with Gasteiger partial charge >= 0.3 is 0 Å². The molecule has 1 fully saturated rings. The van der Waals surface area contributed by atoms with Crippen LogP contribution in [0.5, 0.6) is 0 Å². The summed E-state index contributed by atoms with van der Waals surface area (Å²) >= 11 is 5.73. The minimum atomic E-state index is -4.00.